The van der Waals surface area contributed by atoms with Crippen molar-refractivity contribution in [3.63, 3.8) is 0 Å². The van der Waals surface area contributed by atoms with Gasteiger partial charge in [-0.15, -0.1) is 0 Å². The molecule has 2 rings (SSSR count). The van der Waals surface area contributed by atoms with E-state index >= 15 is 0 Å². The highest BCUT2D eigenvalue weighted by molar-refractivity contribution is 9.10. The first-order valence-electron chi connectivity index (χ1n) is 6.84. The standard InChI is InChI=1S/C16H14BrN3O4/c17-11-5-6-13(21)10(7-11)8-19-20-15(23)9-18-16(24)12-3-1-2-4-14(12)22/h1-8,21-22H,9H2,(H,18,24)(H,20,23). The molecule has 0 bridgehead atoms. The second kappa shape index (κ2) is 8.11. The molecule has 0 aliphatic rings. The second-order valence-electron chi connectivity index (χ2n) is 4.70. The van der Waals surface area contributed by atoms with Gasteiger partial charge >= 0.3 is 0 Å². The van der Waals surface area contributed by atoms with E-state index in [0.717, 1.165) is 4.47 Å². The number of hydrazone groups is 1. The summed E-state index contributed by atoms with van der Waals surface area (Å²) >= 11 is 3.26. The van der Waals surface area contributed by atoms with Gasteiger partial charge in [0.15, 0.2) is 0 Å². The highest BCUT2D eigenvalue weighted by atomic mass is 79.9. The minimum atomic E-state index is -0.572. The van der Waals surface area contributed by atoms with Gasteiger partial charge < -0.3 is 15.5 Å². The Balaban J connectivity index is 1.85. The molecule has 0 saturated carbocycles. The fourth-order valence-electron chi connectivity index (χ4n) is 1.76. The lowest BCUT2D eigenvalue weighted by atomic mass is 10.2. The largest absolute Gasteiger partial charge is 0.507 e. The van der Waals surface area contributed by atoms with Gasteiger partial charge in [-0.3, -0.25) is 9.59 Å². The molecule has 0 aromatic heterocycles. The monoisotopic (exact) mass is 391 g/mol. The van der Waals surface area contributed by atoms with Gasteiger partial charge in [-0.1, -0.05) is 28.1 Å². The van der Waals surface area contributed by atoms with Crippen molar-refractivity contribution in [2.75, 3.05) is 6.54 Å². The molecule has 0 aliphatic carbocycles. The smallest absolute Gasteiger partial charge is 0.259 e. The van der Waals surface area contributed by atoms with Crippen molar-refractivity contribution in [2.45, 2.75) is 0 Å². The normalized spacial score (nSPS) is 10.5. The Kier molecular flexibility index (Phi) is 5.91. The number of hydrogen-bond acceptors (Lipinski definition) is 5. The van der Waals surface area contributed by atoms with Crippen LogP contribution >= 0.6 is 15.9 Å². The van der Waals surface area contributed by atoms with Gasteiger partial charge in [0.2, 0.25) is 0 Å². The van der Waals surface area contributed by atoms with Gasteiger partial charge in [-0.25, -0.2) is 5.43 Å². The maximum Gasteiger partial charge on any atom is 0.259 e. The van der Waals surface area contributed by atoms with E-state index in [2.05, 4.69) is 31.8 Å². The van der Waals surface area contributed by atoms with Gasteiger partial charge in [-0.2, -0.15) is 5.10 Å². The van der Waals surface area contributed by atoms with E-state index in [-0.39, 0.29) is 23.6 Å². The second-order valence-corrected chi connectivity index (χ2v) is 5.61. The Hall–Kier alpha value is -2.87. The number of para-hydroxylation sites is 1. The number of phenolic OH excluding ortho intramolecular Hbond substituents is 2. The Morgan fingerprint density at radius 3 is 2.62 bits per heavy atom. The quantitative estimate of drug-likeness (QED) is 0.459. The maximum absolute atomic E-state index is 11.8. The minimum absolute atomic E-state index is 0.0176. The molecule has 24 heavy (non-hydrogen) atoms. The van der Waals surface area contributed by atoms with E-state index in [0.29, 0.717) is 5.56 Å². The van der Waals surface area contributed by atoms with E-state index in [1.54, 1.807) is 24.3 Å². The van der Waals surface area contributed by atoms with Gasteiger partial charge in [0.05, 0.1) is 18.3 Å². The van der Waals surface area contributed by atoms with Crippen LogP contribution in [0.4, 0.5) is 0 Å². The first-order chi connectivity index (χ1) is 11.5. The lowest BCUT2D eigenvalue weighted by Crippen LogP contribution is -2.34. The van der Waals surface area contributed by atoms with Crippen LogP contribution in [0.5, 0.6) is 11.5 Å². The molecule has 2 aromatic carbocycles. The van der Waals surface area contributed by atoms with E-state index in [1.807, 2.05) is 0 Å². The number of amides is 2. The van der Waals surface area contributed by atoms with Crippen LogP contribution in [0.15, 0.2) is 52.0 Å². The number of carbonyl (C=O) groups excluding carboxylic acids is 2. The summed E-state index contributed by atoms with van der Waals surface area (Å²) in [5, 5.41) is 25.2. The summed E-state index contributed by atoms with van der Waals surface area (Å²) in [6.45, 7) is -0.311. The summed E-state index contributed by atoms with van der Waals surface area (Å²) in [6, 6.07) is 10.8. The first-order valence-corrected chi connectivity index (χ1v) is 7.63. The lowest BCUT2D eigenvalue weighted by Gasteiger charge is -2.05. The van der Waals surface area contributed by atoms with Crippen molar-refractivity contribution < 1.29 is 19.8 Å². The Labute approximate surface area is 146 Å². The molecule has 8 heteroatoms. The number of nitrogens with zero attached hydrogens (tertiary/aromatic N) is 1. The summed E-state index contributed by atoms with van der Waals surface area (Å²) in [6.07, 6.45) is 1.28. The molecule has 7 nitrogen and oxygen atoms in total. The molecule has 0 saturated heterocycles. The predicted molar refractivity (Wildman–Crippen MR) is 92.0 cm³/mol. The fourth-order valence-corrected chi connectivity index (χ4v) is 2.14. The zero-order valence-corrected chi connectivity index (χ0v) is 13.9. The molecule has 0 fully saturated rings. The van der Waals surface area contributed by atoms with Crippen molar-refractivity contribution >= 4 is 34.0 Å². The van der Waals surface area contributed by atoms with Crippen LogP contribution < -0.4 is 10.7 Å². The number of rotatable bonds is 5. The van der Waals surface area contributed by atoms with Crippen LogP contribution in [-0.2, 0) is 4.79 Å². The number of hydrogen-bond donors (Lipinski definition) is 4. The number of halogens is 1. The molecular weight excluding hydrogens is 378 g/mol. The minimum Gasteiger partial charge on any atom is -0.507 e. The third-order valence-electron chi connectivity index (χ3n) is 2.94. The number of benzene rings is 2. The predicted octanol–water partition coefficient (Wildman–Crippen LogP) is 1.74. The summed E-state index contributed by atoms with van der Waals surface area (Å²) in [5.74, 6) is -1.27. The average Bonchev–Trinajstić information content (AvgIpc) is 2.56. The zero-order valence-electron chi connectivity index (χ0n) is 12.4. The van der Waals surface area contributed by atoms with Gasteiger partial charge in [0, 0.05) is 10.0 Å². The van der Waals surface area contributed by atoms with Gasteiger partial charge in [0.1, 0.15) is 11.5 Å². The third-order valence-corrected chi connectivity index (χ3v) is 3.43. The van der Waals surface area contributed by atoms with Crippen molar-refractivity contribution in [3.8, 4) is 11.5 Å². The zero-order chi connectivity index (χ0) is 17.5. The van der Waals surface area contributed by atoms with Crippen LogP contribution in [0.1, 0.15) is 15.9 Å². The maximum atomic E-state index is 11.8. The summed E-state index contributed by atoms with van der Waals surface area (Å²) < 4.78 is 0.753. The Bertz CT molecular complexity index is 793. The van der Waals surface area contributed by atoms with E-state index in [4.69, 9.17) is 0 Å². The van der Waals surface area contributed by atoms with Crippen LogP contribution in [0.2, 0.25) is 0 Å². The molecule has 0 unspecified atom stereocenters. The lowest BCUT2D eigenvalue weighted by molar-refractivity contribution is -0.120. The Morgan fingerprint density at radius 1 is 1.12 bits per heavy atom. The van der Waals surface area contributed by atoms with Gasteiger partial charge in [-0.05, 0) is 30.3 Å². The molecule has 0 aliphatic heterocycles. The SMILES string of the molecule is O=C(CNC(=O)c1ccccc1O)NN=Cc1cc(Br)ccc1O. The Morgan fingerprint density at radius 2 is 1.88 bits per heavy atom. The van der Waals surface area contributed by atoms with E-state index in [1.165, 1.54) is 24.4 Å². The van der Waals surface area contributed by atoms with E-state index < -0.39 is 11.8 Å². The summed E-state index contributed by atoms with van der Waals surface area (Å²) in [5.41, 5.74) is 2.72. The number of phenols is 2. The van der Waals surface area contributed by atoms with Crippen molar-refractivity contribution in [1.29, 1.82) is 0 Å². The number of carbonyl (C=O) groups is 2. The number of aromatic hydroxyl groups is 2. The summed E-state index contributed by atoms with van der Waals surface area (Å²) in [7, 11) is 0. The molecule has 0 heterocycles. The topological polar surface area (TPSA) is 111 Å². The van der Waals surface area contributed by atoms with E-state index in [9.17, 15) is 19.8 Å². The van der Waals surface area contributed by atoms with Crippen LogP contribution in [0.25, 0.3) is 0 Å². The molecule has 0 spiro atoms. The molecular formula is C16H14BrN3O4. The van der Waals surface area contributed by atoms with Crippen LogP contribution in [-0.4, -0.2) is 34.8 Å². The molecule has 2 amide bonds. The fraction of sp³-hybridized carbons (Fsp3) is 0.0625. The van der Waals surface area contributed by atoms with Crippen LogP contribution in [0.3, 0.4) is 0 Å². The molecule has 124 valence electrons. The van der Waals surface area contributed by atoms with Gasteiger partial charge in [0.25, 0.3) is 11.8 Å². The van der Waals surface area contributed by atoms with Crippen molar-refractivity contribution in [2.24, 2.45) is 5.10 Å². The molecule has 4 N–H and O–H groups in total. The molecule has 0 atom stereocenters. The van der Waals surface area contributed by atoms with Crippen molar-refractivity contribution in [1.82, 2.24) is 10.7 Å². The molecule has 2 aromatic rings. The molecule has 0 radical (unpaired) electrons. The first kappa shape index (κ1) is 17.5. The highest BCUT2D eigenvalue weighted by Crippen LogP contribution is 2.19. The van der Waals surface area contributed by atoms with Crippen molar-refractivity contribution in [3.05, 3.63) is 58.1 Å². The third kappa shape index (κ3) is 4.82. The highest BCUT2D eigenvalue weighted by Gasteiger charge is 2.11. The summed E-state index contributed by atoms with van der Waals surface area (Å²) in [4.78, 5) is 23.5. The average molecular weight is 392 g/mol. The number of nitrogens with one attached hydrogen (secondary N) is 2. The van der Waals surface area contributed by atoms with Crippen LogP contribution in [0, 0.1) is 0 Å².